The lowest BCUT2D eigenvalue weighted by molar-refractivity contribution is -0.121. The first-order valence-corrected chi connectivity index (χ1v) is 7.29. The van der Waals surface area contributed by atoms with Gasteiger partial charge in [-0.15, -0.1) is 0 Å². The summed E-state index contributed by atoms with van der Waals surface area (Å²) >= 11 is 0. The second-order valence-electron chi connectivity index (χ2n) is 4.73. The number of hydrogen-bond donors (Lipinski definition) is 2. The van der Waals surface area contributed by atoms with Crippen LogP contribution in [0, 0.1) is 0 Å². The lowest BCUT2D eigenvalue weighted by Crippen LogP contribution is -2.50. The molecule has 0 spiro atoms. The van der Waals surface area contributed by atoms with Crippen LogP contribution in [0.25, 0.3) is 0 Å². The molecule has 0 aliphatic heterocycles. The normalized spacial score (nSPS) is 17.8. The molecule has 0 heterocycles. The molecule has 1 aromatic rings. The number of hydrogen-bond acceptors (Lipinski definition) is 4. The van der Waals surface area contributed by atoms with Crippen molar-refractivity contribution in [3.8, 4) is 0 Å². The molecule has 1 amide bonds. The molecule has 0 saturated heterocycles. The summed E-state index contributed by atoms with van der Waals surface area (Å²) in [5, 5.41) is 0. The lowest BCUT2D eigenvalue weighted by Gasteiger charge is -2.37. The fraction of sp³-hybridized carbons (Fsp3) is 0.417. The van der Waals surface area contributed by atoms with Crippen LogP contribution in [0.2, 0.25) is 0 Å². The molecule has 1 aromatic carbocycles. The third-order valence-electron chi connectivity index (χ3n) is 3.16. The number of sulfonamides is 1. The van der Waals surface area contributed by atoms with Gasteiger partial charge in [-0.3, -0.25) is 4.79 Å². The van der Waals surface area contributed by atoms with Gasteiger partial charge in [-0.25, -0.2) is 13.1 Å². The highest BCUT2D eigenvalue weighted by Gasteiger charge is 2.35. The molecule has 98 valence electrons. The number of carbonyl (C=O) groups is 1. The van der Waals surface area contributed by atoms with E-state index < -0.39 is 21.5 Å². The Morgan fingerprint density at radius 2 is 1.89 bits per heavy atom. The van der Waals surface area contributed by atoms with Crippen molar-refractivity contribution in [1.82, 2.24) is 4.72 Å². The maximum absolute atomic E-state index is 11.9. The summed E-state index contributed by atoms with van der Waals surface area (Å²) in [4.78, 5) is 11.8. The summed E-state index contributed by atoms with van der Waals surface area (Å²) in [7, 11) is -3.77. The minimum Gasteiger partial charge on any atom is -0.325 e. The molecule has 1 aliphatic carbocycles. The Hall–Kier alpha value is -1.40. The van der Waals surface area contributed by atoms with E-state index in [0.29, 0.717) is 0 Å². The average Bonchev–Trinajstić information content (AvgIpc) is 2.27. The Kier molecular flexibility index (Phi) is 3.41. The van der Waals surface area contributed by atoms with Crippen molar-refractivity contribution in [1.29, 1.82) is 0 Å². The van der Waals surface area contributed by atoms with Crippen molar-refractivity contribution >= 4 is 15.9 Å². The van der Waals surface area contributed by atoms with Crippen molar-refractivity contribution in [2.45, 2.75) is 36.1 Å². The predicted octanol–water partition coefficient (Wildman–Crippen LogP) is 0.763. The smallest absolute Gasteiger partial charge is 0.264 e. The second-order valence-corrected chi connectivity index (χ2v) is 6.42. The first kappa shape index (κ1) is 13.0. The van der Waals surface area contributed by atoms with Crippen LogP contribution in [0.3, 0.4) is 0 Å². The molecule has 1 saturated carbocycles. The molecule has 3 N–H and O–H groups in total. The highest BCUT2D eigenvalue weighted by atomic mass is 32.2. The van der Waals surface area contributed by atoms with Gasteiger partial charge in [0.15, 0.2) is 0 Å². The van der Waals surface area contributed by atoms with Crippen molar-refractivity contribution in [3.63, 3.8) is 0 Å². The summed E-state index contributed by atoms with van der Waals surface area (Å²) in [5.41, 5.74) is 5.39. The van der Waals surface area contributed by atoms with Gasteiger partial charge in [-0.1, -0.05) is 18.2 Å². The van der Waals surface area contributed by atoms with Crippen LogP contribution >= 0.6 is 0 Å². The topological polar surface area (TPSA) is 89.3 Å². The van der Waals surface area contributed by atoms with Crippen LogP contribution in [0.4, 0.5) is 0 Å². The van der Waals surface area contributed by atoms with Gasteiger partial charge < -0.3 is 5.73 Å². The zero-order valence-corrected chi connectivity index (χ0v) is 10.7. The van der Waals surface area contributed by atoms with E-state index in [9.17, 15) is 13.2 Å². The van der Waals surface area contributed by atoms with E-state index in [-0.39, 0.29) is 11.3 Å². The summed E-state index contributed by atoms with van der Waals surface area (Å²) in [6, 6.07) is 7.81. The maximum Gasteiger partial charge on any atom is 0.264 e. The Bertz CT molecular complexity index is 536. The van der Waals surface area contributed by atoms with Gasteiger partial charge in [0.05, 0.1) is 4.90 Å². The molecule has 5 nitrogen and oxygen atoms in total. The highest BCUT2D eigenvalue weighted by Crippen LogP contribution is 2.32. The van der Waals surface area contributed by atoms with E-state index in [2.05, 4.69) is 4.72 Å². The number of rotatable bonds is 4. The number of nitrogens with one attached hydrogen (secondary N) is 1. The standard InChI is InChI=1S/C12H16N2O3S/c13-12(7-4-8-12)9-11(15)14-18(16,17)10-5-2-1-3-6-10/h1-3,5-6H,4,7-9,13H2,(H,14,15). The Morgan fingerprint density at radius 3 is 2.39 bits per heavy atom. The van der Waals surface area contributed by atoms with Gasteiger partial charge >= 0.3 is 0 Å². The van der Waals surface area contributed by atoms with E-state index >= 15 is 0 Å². The zero-order chi connectivity index (χ0) is 13.2. The summed E-state index contributed by atoms with van der Waals surface area (Å²) < 4.78 is 25.8. The van der Waals surface area contributed by atoms with Gasteiger partial charge in [0, 0.05) is 12.0 Å². The van der Waals surface area contributed by atoms with E-state index in [1.54, 1.807) is 18.2 Å². The van der Waals surface area contributed by atoms with Crippen LogP contribution in [0.1, 0.15) is 25.7 Å². The van der Waals surface area contributed by atoms with E-state index in [4.69, 9.17) is 5.73 Å². The molecule has 0 bridgehead atoms. The van der Waals surface area contributed by atoms with Gasteiger partial charge in [-0.05, 0) is 31.4 Å². The Morgan fingerprint density at radius 1 is 1.28 bits per heavy atom. The molecule has 0 aromatic heterocycles. The number of nitrogens with two attached hydrogens (primary N) is 1. The van der Waals surface area contributed by atoms with Gasteiger partial charge in [0.25, 0.3) is 10.0 Å². The third kappa shape index (κ3) is 2.88. The van der Waals surface area contributed by atoms with Gasteiger partial charge in [0.2, 0.25) is 5.91 Å². The van der Waals surface area contributed by atoms with Crippen molar-refractivity contribution in [2.24, 2.45) is 5.73 Å². The number of benzene rings is 1. The van der Waals surface area contributed by atoms with Crippen molar-refractivity contribution in [2.75, 3.05) is 0 Å². The first-order chi connectivity index (χ1) is 8.41. The second kappa shape index (κ2) is 4.70. The third-order valence-corrected chi connectivity index (χ3v) is 4.55. The zero-order valence-electron chi connectivity index (χ0n) is 9.93. The van der Waals surface area contributed by atoms with Crippen LogP contribution < -0.4 is 10.5 Å². The number of carbonyl (C=O) groups excluding carboxylic acids is 1. The lowest BCUT2D eigenvalue weighted by atomic mass is 9.75. The van der Waals surface area contributed by atoms with E-state index in [0.717, 1.165) is 19.3 Å². The van der Waals surface area contributed by atoms with Crippen LogP contribution in [-0.2, 0) is 14.8 Å². The monoisotopic (exact) mass is 268 g/mol. The minimum absolute atomic E-state index is 0.0546. The number of amides is 1. The largest absolute Gasteiger partial charge is 0.325 e. The van der Waals surface area contributed by atoms with Gasteiger partial charge in [0.1, 0.15) is 0 Å². The molecule has 6 heteroatoms. The highest BCUT2D eigenvalue weighted by molar-refractivity contribution is 7.90. The summed E-state index contributed by atoms with van der Waals surface area (Å²) in [6.45, 7) is 0. The minimum atomic E-state index is -3.77. The molecule has 18 heavy (non-hydrogen) atoms. The van der Waals surface area contributed by atoms with Gasteiger partial charge in [-0.2, -0.15) is 0 Å². The maximum atomic E-state index is 11.9. The Balaban J connectivity index is 2.02. The average molecular weight is 268 g/mol. The molecule has 0 radical (unpaired) electrons. The molecular weight excluding hydrogens is 252 g/mol. The van der Waals surface area contributed by atoms with Crippen molar-refractivity contribution in [3.05, 3.63) is 30.3 Å². The molecule has 0 atom stereocenters. The molecule has 2 rings (SSSR count). The Labute approximate surface area is 106 Å². The SMILES string of the molecule is NC1(CC(=O)NS(=O)(=O)c2ccccc2)CCC1. The van der Waals surface area contributed by atoms with Crippen LogP contribution in [0.5, 0.6) is 0 Å². The molecule has 0 unspecified atom stereocenters. The molecule has 1 aliphatic rings. The van der Waals surface area contributed by atoms with Crippen molar-refractivity contribution < 1.29 is 13.2 Å². The first-order valence-electron chi connectivity index (χ1n) is 5.81. The predicted molar refractivity (Wildman–Crippen MR) is 67.2 cm³/mol. The van der Waals surface area contributed by atoms with Crippen LogP contribution in [0.15, 0.2) is 35.2 Å². The quantitative estimate of drug-likeness (QED) is 0.843. The molecule has 1 fully saturated rings. The molecular formula is C12H16N2O3S. The summed E-state index contributed by atoms with van der Waals surface area (Å²) in [5.74, 6) is -0.541. The summed E-state index contributed by atoms with van der Waals surface area (Å²) in [6.07, 6.45) is 2.59. The fourth-order valence-electron chi connectivity index (χ4n) is 1.97. The fourth-order valence-corrected chi connectivity index (χ4v) is 2.98. The van der Waals surface area contributed by atoms with Crippen LogP contribution in [-0.4, -0.2) is 19.9 Å². The van der Waals surface area contributed by atoms with E-state index in [1.165, 1.54) is 12.1 Å². The van der Waals surface area contributed by atoms with E-state index in [1.807, 2.05) is 0 Å².